The Kier molecular flexibility index (Phi) is 8.97. The second kappa shape index (κ2) is 12.1. The smallest absolute Gasteiger partial charge is 0.246 e. The van der Waals surface area contributed by atoms with Gasteiger partial charge in [0.05, 0.1) is 12.4 Å². The van der Waals surface area contributed by atoms with E-state index in [-0.39, 0.29) is 30.7 Å². The lowest BCUT2D eigenvalue weighted by Crippen LogP contribution is -2.28. The highest BCUT2D eigenvalue weighted by Gasteiger charge is 2.11. The number of rotatable bonds is 12. The number of amides is 1. The van der Waals surface area contributed by atoms with Gasteiger partial charge in [-0.2, -0.15) is 0 Å². The van der Waals surface area contributed by atoms with Gasteiger partial charge in [-0.1, -0.05) is 54.6 Å². The van der Waals surface area contributed by atoms with Crippen molar-refractivity contribution < 1.29 is 22.3 Å². The molecule has 2 N–H and O–H groups in total. The summed E-state index contributed by atoms with van der Waals surface area (Å²) in [6, 6.07) is 22.2. The van der Waals surface area contributed by atoms with Gasteiger partial charge in [0.15, 0.2) is 0 Å². The summed E-state index contributed by atoms with van der Waals surface area (Å²) in [5.41, 5.74) is 3.09. The first-order valence-electron chi connectivity index (χ1n) is 10.6. The molecule has 0 unspecified atom stereocenters. The molecule has 174 valence electrons. The van der Waals surface area contributed by atoms with Gasteiger partial charge in [-0.05, 0) is 53.8 Å². The molecule has 0 aromatic heterocycles. The predicted molar refractivity (Wildman–Crippen MR) is 127 cm³/mol. The van der Waals surface area contributed by atoms with Gasteiger partial charge in [0.1, 0.15) is 12.4 Å². The average molecular weight is 471 g/mol. The molecule has 6 nitrogen and oxygen atoms in total. The topological polar surface area (TPSA) is 84.5 Å². The van der Waals surface area contributed by atoms with Gasteiger partial charge >= 0.3 is 0 Å². The average Bonchev–Trinajstić information content (AvgIpc) is 2.79. The van der Waals surface area contributed by atoms with Gasteiger partial charge in [-0.15, -0.1) is 0 Å². The summed E-state index contributed by atoms with van der Waals surface area (Å²) in [6.45, 7) is 0.689. The van der Waals surface area contributed by atoms with Crippen molar-refractivity contribution in [2.24, 2.45) is 0 Å². The molecule has 0 fully saturated rings. The van der Waals surface area contributed by atoms with Gasteiger partial charge < -0.3 is 10.1 Å². The maximum absolute atomic E-state index is 12.9. The van der Waals surface area contributed by atoms with Crippen molar-refractivity contribution in [3.8, 4) is 0 Å². The summed E-state index contributed by atoms with van der Waals surface area (Å²) in [6.07, 6.45) is 1.48. The number of sulfonamides is 1. The van der Waals surface area contributed by atoms with E-state index in [9.17, 15) is 17.6 Å². The van der Waals surface area contributed by atoms with Crippen LogP contribution in [-0.2, 0) is 38.3 Å². The Labute approximate surface area is 193 Å². The molecular formula is C25H27FN2O4S. The minimum atomic E-state index is -3.48. The number of benzene rings is 3. The molecule has 3 aromatic rings. The molecule has 8 heteroatoms. The number of nitrogens with one attached hydrogen (secondary N) is 2. The highest BCUT2D eigenvalue weighted by molar-refractivity contribution is 7.91. The molecule has 0 saturated carbocycles. The van der Waals surface area contributed by atoms with Crippen LogP contribution in [-0.4, -0.2) is 27.5 Å². The number of aryl methyl sites for hydroxylation is 1. The molecule has 0 radical (unpaired) electrons. The van der Waals surface area contributed by atoms with Crippen LogP contribution in [0.5, 0.6) is 0 Å². The SMILES string of the molecule is O=C(COCc1ccc(F)cc1)NCCCc1ccc(NS(=O)(=O)Cc2ccccc2)cc1. The molecular weight excluding hydrogens is 443 g/mol. The van der Waals surface area contributed by atoms with Crippen molar-refractivity contribution in [2.75, 3.05) is 17.9 Å². The Balaban J connectivity index is 1.33. The molecule has 3 rings (SSSR count). The molecule has 0 aliphatic carbocycles. The molecule has 3 aromatic carbocycles. The van der Waals surface area contributed by atoms with Crippen molar-refractivity contribution >= 4 is 21.6 Å². The van der Waals surface area contributed by atoms with E-state index < -0.39 is 10.0 Å². The minimum Gasteiger partial charge on any atom is -0.367 e. The number of anilines is 1. The summed E-state index contributed by atoms with van der Waals surface area (Å²) in [7, 11) is -3.48. The maximum atomic E-state index is 12.9. The normalized spacial score (nSPS) is 11.2. The van der Waals surface area contributed by atoms with Gasteiger partial charge in [0.2, 0.25) is 15.9 Å². The molecule has 0 spiro atoms. The van der Waals surface area contributed by atoms with Crippen LogP contribution in [0.2, 0.25) is 0 Å². The standard InChI is InChI=1S/C25H27FN2O4S/c26-23-12-8-21(9-13-23)17-32-18-25(29)27-16-4-7-20-10-14-24(15-11-20)28-33(30,31)19-22-5-2-1-3-6-22/h1-3,5-6,8-15,28H,4,7,16-19H2,(H,27,29). The third kappa shape index (κ3) is 9.03. The zero-order valence-electron chi connectivity index (χ0n) is 18.2. The van der Waals surface area contributed by atoms with Crippen LogP contribution in [0.4, 0.5) is 10.1 Å². The molecule has 0 aliphatic rings. The van der Waals surface area contributed by atoms with E-state index in [0.717, 1.165) is 29.5 Å². The number of halogens is 1. The van der Waals surface area contributed by atoms with E-state index in [1.54, 1.807) is 36.4 Å². The Morgan fingerprint density at radius 3 is 2.21 bits per heavy atom. The molecule has 33 heavy (non-hydrogen) atoms. The van der Waals surface area contributed by atoms with Gasteiger partial charge in [0, 0.05) is 12.2 Å². The van der Waals surface area contributed by atoms with Crippen molar-refractivity contribution in [3.05, 3.63) is 101 Å². The van der Waals surface area contributed by atoms with E-state index in [4.69, 9.17) is 4.74 Å². The summed E-state index contributed by atoms with van der Waals surface area (Å²) < 4.78 is 45.4. The van der Waals surface area contributed by atoms with E-state index in [1.165, 1.54) is 12.1 Å². The van der Waals surface area contributed by atoms with Crippen LogP contribution in [0.15, 0.2) is 78.9 Å². The first-order valence-corrected chi connectivity index (χ1v) is 12.3. The first kappa shape index (κ1) is 24.4. The third-order valence-electron chi connectivity index (χ3n) is 4.81. The lowest BCUT2D eigenvalue weighted by atomic mass is 10.1. The zero-order valence-corrected chi connectivity index (χ0v) is 19.0. The minimum absolute atomic E-state index is 0.0603. The fourth-order valence-corrected chi connectivity index (χ4v) is 4.36. The molecule has 0 atom stereocenters. The molecule has 1 amide bonds. The quantitative estimate of drug-likeness (QED) is 0.392. The highest BCUT2D eigenvalue weighted by atomic mass is 32.2. The Bertz CT molecular complexity index is 1120. The number of carbonyl (C=O) groups excluding carboxylic acids is 1. The second-order valence-electron chi connectivity index (χ2n) is 7.62. The number of hydrogen-bond acceptors (Lipinski definition) is 4. The summed E-state index contributed by atoms with van der Waals surface area (Å²) in [5.74, 6) is -0.598. The second-order valence-corrected chi connectivity index (χ2v) is 9.34. The van der Waals surface area contributed by atoms with E-state index in [1.807, 2.05) is 30.3 Å². The van der Waals surface area contributed by atoms with Crippen LogP contribution in [0, 0.1) is 5.82 Å². The Hall–Kier alpha value is -3.23. The van der Waals surface area contributed by atoms with Gasteiger partial charge in [-0.3, -0.25) is 9.52 Å². The molecule has 0 saturated heterocycles. The Morgan fingerprint density at radius 1 is 0.848 bits per heavy atom. The summed E-state index contributed by atoms with van der Waals surface area (Å²) in [4.78, 5) is 11.8. The highest BCUT2D eigenvalue weighted by Crippen LogP contribution is 2.15. The van der Waals surface area contributed by atoms with Crippen molar-refractivity contribution in [1.29, 1.82) is 0 Å². The van der Waals surface area contributed by atoms with E-state index in [2.05, 4.69) is 10.0 Å². The fourth-order valence-electron chi connectivity index (χ4n) is 3.16. The summed E-state index contributed by atoms with van der Waals surface area (Å²) in [5, 5.41) is 2.80. The number of carbonyl (C=O) groups is 1. The lowest BCUT2D eigenvalue weighted by molar-refractivity contribution is -0.126. The van der Waals surface area contributed by atoms with Crippen molar-refractivity contribution in [3.63, 3.8) is 0 Å². The zero-order chi connectivity index (χ0) is 23.5. The first-order chi connectivity index (χ1) is 15.9. The van der Waals surface area contributed by atoms with Crippen LogP contribution in [0.3, 0.4) is 0 Å². The van der Waals surface area contributed by atoms with Crippen LogP contribution in [0.1, 0.15) is 23.1 Å². The largest absolute Gasteiger partial charge is 0.367 e. The third-order valence-corrected chi connectivity index (χ3v) is 6.07. The number of hydrogen-bond donors (Lipinski definition) is 2. The van der Waals surface area contributed by atoms with E-state index in [0.29, 0.717) is 12.2 Å². The van der Waals surface area contributed by atoms with E-state index >= 15 is 0 Å². The maximum Gasteiger partial charge on any atom is 0.246 e. The monoisotopic (exact) mass is 470 g/mol. The van der Waals surface area contributed by atoms with Crippen LogP contribution < -0.4 is 10.0 Å². The molecule has 0 bridgehead atoms. The van der Waals surface area contributed by atoms with Crippen LogP contribution >= 0.6 is 0 Å². The Morgan fingerprint density at radius 2 is 1.52 bits per heavy atom. The fraction of sp³-hybridized carbons (Fsp3) is 0.240. The van der Waals surface area contributed by atoms with Crippen LogP contribution in [0.25, 0.3) is 0 Å². The number of ether oxygens (including phenoxy) is 1. The lowest BCUT2D eigenvalue weighted by Gasteiger charge is -2.09. The van der Waals surface area contributed by atoms with Gasteiger partial charge in [-0.25, -0.2) is 12.8 Å². The molecule has 0 aliphatic heterocycles. The van der Waals surface area contributed by atoms with Gasteiger partial charge in [0.25, 0.3) is 0 Å². The van der Waals surface area contributed by atoms with Crippen molar-refractivity contribution in [2.45, 2.75) is 25.2 Å². The predicted octanol–water partition coefficient (Wildman–Crippen LogP) is 4.03. The summed E-state index contributed by atoms with van der Waals surface area (Å²) >= 11 is 0. The van der Waals surface area contributed by atoms with Crippen molar-refractivity contribution in [1.82, 2.24) is 5.32 Å². The molecule has 0 heterocycles.